The van der Waals surface area contributed by atoms with E-state index in [0.717, 1.165) is 24.1 Å². The zero-order valence-corrected chi connectivity index (χ0v) is 12.3. The molecule has 0 saturated heterocycles. The van der Waals surface area contributed by atoms with E-state index < -0.39 is 0 Å². The summed E-state index contributed by atoms with van der Waals surface area (Å²) in [5, 5.41) is 6.99. The van der Waals surface area contributed by atoms with Crippen molar-refractivity contribution in [3.63, 3.8) is 0 Å². The molecular weight excluding hydrogens is 260 g/mol. The Bertz CT molecular complexity index is 455. The van der Waals surface area contributed by atoms with E-state index in [-0.39, 0.29) is 11.9 Å². The van der Waals surface area contributed by atoms with Gasteiger partial charge in [0.15, 0.2) is 0 Å². The number of carbonyl (C=O) groups is 1. The van der Waals surface area contributed by atoms with Gasteiger partial charge in [0.05, 0.1) is 0 Å². The standard InChI is InChI=1S/C15H21ClN2O/c1-10-7-8-13(9-14(10)16)17-11(2)15(19)18-12-5-3-4-6-12/h7-9,11-12,17H,3-6H2,1-2H3,(H,18,19). The molecule has 1 fully saturated rings. The van der Waals surface area contributed by atoms with Crippen LogP contribution < -0.4 is 10.6 Å². The van der Waals surface area contributed by atoms with Gasteiger partial charge in [-0.3, -0.25) is 4.79 Å². The van der Waals surface area contributed by atoms with Crippen molar-refractivity contribution >= 4 is 23.2 Å². The molecule has 1 atom stereocenters. The molecule has 1 unspecified atom stereocenters. The topological polar surface area (TPSA) is 41.1 Å². The summed E-state index contributed by atoms with van der Waals surface area (Å²) in [6.45, 7) is 3.83. The molecule has 1 amide bonds. The molecule has 0 bridgehead atoms. The summed E-state index contributed by atoms with van der Waals surface area (Å²) in [6.07, 6.45) is 4.66. The first kappa shape index (κ1) is 14.2. The van der Waals surface area contributed by atoms with E-state index in [1.54, 1.807) is 0 Å². The molecule has 3 nitrogen and oxygen atoms in total. The van der Waals surface area contributed by atoms with Gasteiger partial charge in [-0.2, -0.15) is 0 Å². The minimum absolute atomic E-state index is 0.0589. The van der Waals surface area contributed by atoms with Crippen LogP contribution >= 0.6 is 11.6 Å². The van der Waals surface area contributed by atoms with Crippen LogP contribution in [0.5, 0.6) is 0 Å². The minimum atomic E-state index is -0.251. The molecule has 1 aliphatic carbocycles. The number of anilines is 1. The number of rotatable bonds is 4. The van der Waals surface area contributed by atoms with Crippen molar-refractivity contribution in [1.29, 1.82) is 0 Å². The van der Waals surface area contributed by atoms with Gasteiger partial charge in [0.25, 0.3) is 0 Å². The molecule has 1 aromatic carbocycles. The summed E-state index contributed by atoms with van der Waals surface area (Å²) in [5.41, 5.74) is 1.92. The first-order valence-electron chi connectivity index (χ1n) is 6.89. The second-order valence-corrected chi connectivity index (χ2v) is 5.73. The molecule has 1 saturated carbocycles. The van der Waals surface area contributed by atoms with E-state index in [4.69, 9.17) is 11.6 Å². The summed E-state index contributed by atoms with van der Waals surface area (Å²) in [5.74, 6) is 0.0589. The quantitative estimate of drug-likeness (QED) is 0.886. The van der Waals surface area contributed by atoms with Gasteiger partial charge in [-0.05, 0) is 44.4 Å². The minimum Gasteiger partial charge on any atom is -0.374 e. The van der Waals surface area contributed by atoms with E-state index in [9.17, 15) is 4.79 Å². The maximum absolute atomic E-state index is 12.0. The highest BCUT2D eigenvalue weighted by molar-refractivity contribution is 6.31. The third kappa shape index (κ3) is 3.87. The molecule has 4 heteroatoms. The Hall–Kier alpha value is -1.22. The Morgan fingerprint density at radius 3 is 2.68 bits per heavy atom. The number of nitrogens with one attached hydrogen (secondary N) is 2. The lowest BCUT2D eigenvalue weighted by atomic mass is 10.2. The lowest BCUT2D eigenvalue weighted by molar-refractivity contribution is -0.122. The van der Waals surface area contributed by atoms with Crippen molar-refractivity contribution in [1.82, 2.24) is 5.32 Å². The van der Waals surface area contributed by atoms with Gasteiger partial charge in [-0.25, -0.2) is 0 Å². The molecule has 104 valence electrons. The van der Waals surface area contributed by atoms with Crippen molar-refractivity contribution in [3.8, 4) is 0 Å². The van der Waals surface area contributed by atoms with E-state index in [1.807, 2.05) is 32.0 Å². The predicted octanol–water partition coefficient (Wildman–Crippen LogP) is 3.51. The van der Waals surface area contributed by atoms with Crippen LogP contribution in [0.3, 0.4) is 0 Å². The maximum Gasteiger partial charge on any atom is 0.242 e. The van der Waals surface area contributed by atoms with Crippen molar-refractivity contribution in [2.24, 2.45) is 0 Å². The first-order valence-corrected chi connectivity index (χ1v) is 7.27. The molecule has 0 aliphatic heterocycles. The van der Waals surface area contributed by atoms with Crippen LogP contribution in [0.15, 0.2) is 18.2 Å². The molecule has 0 aromatic heterocycles. The molecule has 1 aliphatic rings. The molecule has 0 heterocycles. The van der Waals surface area contributed by atoms with E-state index >= 15 is 0 Å². The summed E-state index contributed by atoms with van der Waals surface area (Å²) in [4.78, 5) is 12.0. The van der Waals surface area contributed by atoms with Crippen LogP contribution in [0.2, 0.25) is 5.02 Å². The predicted molar refractivity (Wildman–Crippen MR) is 79.7 cm³/mol. The van der Waals surface area contributed by atoms with Crippen LogP contribution in [-0.2, 0) is 4.79 Å². The molecular formula is C15H21ClN2O. The molecule has 0 spiro atoms. The SMILES string of the molecule is Cc1ccc(NC(C)C(=O)NC2CCCC2)cc1Cl. The van der Waals surface area contributed by atoms with Gasteiger partial charge < -0.3 is 10.6 Å². The summed E-state index contributed by atoms with van der Waals surface area (Å²) >= 11 is 6.07. The number of hydrogen-bond donors (Lipinski definition) is 2. The lowest BCUT2D eigenvalue weighted by Gasteiger charge is -2.19. The highest BCUT2D eigenvalue weighted by Gasteiger charge is 2.20. The fourth-order valence-corrected chi connectivity index (χ4v) is 2.58. The number of hydrogen-bond acceptors (Lipinski definition) is 2. The summed E-state index contributed by atoms with van der Waals surface area (Å²) in [6, 6.07) is 5.86. The Morgan fingerprint density at radius 2 is 2.05 bits per heavy atom. The Kier molecular flexibility index (Phi) is 4.70. The molecule has 2 N–H and O–H groups in total. The number of amides is 1. The largest absolute Gasteiger partial charge is 0.374 e. The zero-order chi connectivity index (χ0) is 13.8. The zero-order valence-electron chi connectivity index (χ0n) is 11.5. The van der Waals surface area contributed by atoms with Crippen molar-refractivity contribution < 1.29 is 4.79 Å². The van der Waals surface area contributed by atoms with Crippen LogP contribution in [0, 0.1) is 6.92 Å². The second kappa shape index (κ2) is 6.29. The van der Waals surface area contributed by atoms with Gasteiger partial charge in [-0.15, -0.1) is 0 Å². The summed E-state index contributed by atoms with van der Waals surface area (Å²) < 4.78 is 0. The van der Waals surface area contributed by atoms with Gasteiger partial charge in [0.2, 0.25) is 5.91 Å². The third-order valence-corrected chi connectivity index (χ3v) is 4.06. The van der Waals surface area contributed by atoms with Gasteiger partial charge >= 0.3 is 0 Å². The summed E-state index contributed by atoms with van der Waals surface area (Å²) in [7, 11) is 0. The normalized spacial score (nSPS) is 17.2. The molecule has 19 heavy (non-hydrogen) atoms. The highest BCUT2D eigenvalue weighted by atomic mass is 35.5. The average Bonchev–Trinajstić information content (AvgIpc) is 2.86. The van der Waals surface area contributed by atoms with Crippen LogP contribution in [0.4, 0.5) is 5.69 Å². The van der Waals surface area contributed by atoms with Gasteiger partial charge in [0, 0.05) is 16.8 Å². The fourth-order valence-electron chi connectivity index (χ4n) is 2.39. The van der Waals surface area contributed by atoms with Crippen LogP contribution in [0.1, 0.15) is 38.2 Å². The molecule has 1 aromatic rings. The second-order valence-electron chi connectivity index (χ2n) is 5.32. The van der Waals surface area contributed by atoms with Gasteiger partial charge in [-0.1, -0.05) is 30.5 Å². The first-order chi connectivity index (χ1) is 9.06. The third-order valence-electron chi connectivity index (χ3n) is 3.65. The Morgan fingerprint density at radius 1 is 1.37 bits per heavy atom. The monoisotopic (exact) mass is 280 g/mol. The smallest absolute Gasteiger partial charge is 0.242 e. The Balaban J connectivity index is 1.90. The number of aryl methyl sites for hydroxylation is 1. The van der Waals surface area contributed by atoms with Crippen LogP contribution in [-0.4, -0.2) is 18.0 Å². The van der Waals surface area contributed by atoms with Crippen molar-refractivity contribution in [2.75, 3.05) is 5.32 Å². The van der Waals surface area contributed by atoms with Crippen molar-refractivity contribution in [2.45, 2.75) is 51.6 Å². The van der Waals surface area contributed by atoms with E-state index in [1.165, 1.54) is 12.8 Å². The number of halogens is 1. The lowest BCUT2D eigenvalue weighted by Crippen LogP contribution is -2.42. The average molecular weight is 281 g/mol. The van der Waals surface area contributed by atoms with Crippen molar-refractivity contribution in [3.05, 3.63) is 28.8 Å². The molecule has 2 rings (SSSR count). The van der Waals surface area contributed by atoms with Crippen LogP contribution in [0.25, 0.3) is 0 Å². The Labute approximate surface area is 119 Å². The number of benzene rings is 1. The highest BCUT2D eigenvalue weighted by Crippen LogP contribution is 2.21. The number of carbonyl (C=O) groups excluding carboxylic acids is 1. The molecule has 0 radical (unpaired) electrons. The fraction of sp³-hybridized carbons (Fsp3) is 0.533. The van der Waals surface area contributed by atoms with Gasteiger partial charge in [0.1, 0.15) is 6.04 Å². The van der Waals surface area contributed by atoms with E-state index in [2.05, 4.69) is 10.6 Å². The maximum atomic E-state index is 12.0. The van der Waals surface area contributed by atoms with E-state index in [0.29, 0.717) is 11.1 Å².